The van der Waals surface area contributed by atoms with Crippen LogP contribution < -0.4 is 14.5 Å². The van der Waals surface area contributed by atoms with Crippen LogP contribution in [0.4, 0.5) is 34.6 Å². The predicted octanol–water partition coefficient (Wildman–Crippen LogP) is 8.45. The first-order valence-corrected chi connectivity index (χ1v) is 20.3. The summed E-state index contributed by atoms with van der Waals surface area (Å²) in [6, 6.07) is 22.5. The number of piperazine rings is 1. The molecule has 1 aliphatic heterocycles. The van der Waals surface area contributed by atoms with Gasteiger partial charge in [0.1, 0.15) is 10.7 Å². The number of aromatic carboxylic acids is 1. The average Bonchev–Trinajstić information content (AvgIpc) is 3.43. The maximum absolute atomic E-state index is 14.1. The average molecular weight is 819 g/mol. The molecule has 0 radical (unpaired) electrons. The molecule has 17 heteroatoms. The summed E-state index contributed by atoms with van der Waals surface area (Å²) in [6.45, 7) is 6.88. The SMILES string of the molecule is CCCn1c(C)c(C(=O)O)c(-c2cccc(N3CCN(c4ccc(NS(=O)(=O)c5ccc(F)c(S(=O)(=O)C(F)(F)F)c5)cc4)CC3)c2)c1-c1ccc(Cl)cc1. The molecule has 0 aliphatic carbocycles. The second kappa shape index (κ2) is 15.2. The third-order valence-electron chi connectivity index (χ3n) is 9.37. The number of hydrogen-bond acceptors (Lipinski definition) is 7. The number of hydrogen-bond donors (Lipinski definition) is 2. The molecule has 0 unspecified atom stereocenters. The highest BCUT2D eigenvalue weighted by atomic mass is 35.5. The molecule has 4 aromatic carbocycles. The first-order chi connectivity index (χ1) is 25.9. The molecule has 0 atom stereocenters. The molecule has 0 spiro atoms. The van der Waals surface area contributed by atoms with E-state index in [2.05, 4.69) is 14.5 Å². The van der Waals surface area contributed by atoms with Gasteiger partial charge in [-0.2, -0.15) is 13.2 Å². The van der Waals surface area contributed by atoms with Crippen LogP contribution in [-0.4, -0.2) is 64.2 Å². The van der Waals surface area contributed by atoms with Crippen LogP contribution in [0.2, 0.25) is 5.02 Å². The standard InChI is InChI=1S/C38H35ClF4N4O6S2/c1-3-17-47-24(2)34(37(48)49)35(36(47)25-7-9-27(39)10-8-25)26-5-4-6-30(22-26)46-20-18-45(19-21-46)29-13-11-28(12-14-29)44-55(52,53)31-15-16-32(40)33(23-31)54(50,51)38(41,42)43/h4-16,22-23,44H,3,17-21H2,1-2H3,(H,48,49). The van der Waals surface area contributed by atoms with Crippen LogP contribution in [0, 0.1) is 12.7 Å². The van der Waals surface area contributed by atoms with Crippen molar-refractivity contribution < 1.29 is 44.3 Å². The summed E-state index contributed by atoms with van der Waals surface area (Å²) in [5.74, 6) is -2.75. The predicted molar refractivity (Wildman–Crippen MR) is 204 cm³/mol. The maximum atomic E-state index is 14.1. The largest absolute Gasteiger partial charge is 0.502 e. The first-order valence-electron chi connectivity index (χ1n) is 17.0. The topological polar surface area (TPSA) is 129 Å². The molecule has 55 heavy (non-hydrogen) atoms. The van der Waals surface area contributed by atoms with Crippen molar-refractivity contribution in [1.82, 2.24) is 4.57 Å². The van der Waals surface area contributed by atoms with Crippen LogP contribution in [-0.2, 0) is 26.4 Å². The first kappa shape index (κ1) is 39.6. The monoisotopic (exact) mass is 818 g/mol. The quantitative estimate of drug-likeness (QED) is 0.127. The number of sulfone groups is 1. The van der Waals surface area contributed by atoms with Crippen molar-refractivity contribution in [1.29, 1.82) is 0 Å². The zero-order valence-corrected chi connectivity index (χ0v) is 31.8. The Morgan fingerprint density at radius 1 is 0.836 bits per heavy atom. The molecule has 1 aliphatic rings. The van der Waals surface area contributed by atoms with Gasteiger partial charge in [0.15, 0.2) is 0 Å². The lowest BCUT2D eigenvalue weighted by Gasteiger charge is -2.37. The molecule has 2 heterocycles. The van der Waals surface area contributed by atoms with Crippen LogP contribution in [0.3, 0.4) is 0 Å². The minimum absolute atomic E-state index is 0.0467. The van der Waals surface area contributed by atoms with Gasteiger partial charge in [0.25, 0.3) is 19.9 Å². The van der Waals surface area contributed by atoms with Gasteiger partial charge < -0.3 is 19.5 Å². The molecule has 0 saturated carbocycles. The van der Waals surface area contributed by atoms with E-state index in [0.717, 1.165) is 34.6 Å². The van der Waals surface area contributed by atoms with E-state index >= 15 is 0 Å². The van der Waals surface area contributed by atoms with E-state index in [1.807, 2.05) is 54.8 Å². The van der Waals surface area contributed by atoms with E-state index in [-0.39, 0.29) is 17.3 Å². The Labute approximate surface area is 320 Å². The smallest absolute Gasteiger partial charge is 0.478 e. The van der Waals surface area contributed by atoms with Gasteiger partial charge in [-0.3, -0.25) is 4.72 Å². The zero-order valence-electron chi connectivity index (χ0n) is 29.4. The Balaban J connectivity index is 1.19. The minimum atomic E-state index is -6.14. The molecule has 5 aromatic rings. The second-order valence-electron chi connectivity index (χ2n) is 12.9. The third kappa shape index (κ3) is 7.89. The number of halogens is 5. The van der Waals surface area contributed by atoms with Crippen LogP contribution in [0.1, 0.15) is 29.4 Å². The minimum Gasteiger partial charge on any atom is -0.478 e. The Hall–Kier alpha value is -5.06. The van der Waals surface area contributed by atoms with E-state index in [4.69, 9.17) is 11.6 Å². The molecule has 10 nitrogen and oxygen atoms in total. The number of carboxylic acids is 1. The highest BCUT2D eigenvalue weighted by Crippen LogP contribution is 2.41. The van der Waals surface area contributed by atoms with E-state index in [1.165, 1.54) is 12.1 Å². The fraction of sp³-hybridized carbons (Fsp3) is 0.237. The highest BCUT2D eigenvalue weighted by molar-refractivity contribution is 7.93. The number of carbonyl (C=O) groups is 1. The summed E-state index contributed by atoms with van der Waals surface area (Å²) in [5, 5.41) is 11.0. The summed E-state index contributed by atoms with van der Waals surface area (Å²) in [6.07, 6.45) is 0.802. The molecule has 0 bridgehead atoms. The number of nitrogens with zero attached hydrogens (tertiary/aromatic N) is 3. The Bertz CT molecular complexity index is 2470. The van der Waals surface area contributed by atoms with Gasteiger partial charge in [-0.05, 0) is 91.2 Å². The number of benzene rings is 4. The van der Waals surface area contributed by atoms with E-state index in [9.17, 15) is 44.3 Å². The summed E-state index contributed by atoms with van der Waals surface area (Å²) < 4.78 is 107. The van der Waals surface area contributed by atoms with Crippen molar-refractivity contribution in [2.24, 2.45) is 0 Å². The van der Waals surface area contributed by atoms with Crippen molar-refractivity contribution >= 4 is 54.5 Å². The summed E-state index contributed by atoms with van der Waals surface area (Å²) in [5.41, 5.74) is -0.164. The van der Waals surface area contributed by atoms with Crippen LogP contribution in [0.25, 0.3) is 22.4 Å². The Morgan fingerprint density at radius 2 is 1.45 bits per heavy atom. The van der Waals surface area contributed by atoms with Crippen LogP contribution in [0.5, 0.6) is 0 Å². The zero-order chi connectivity index (χ0) is 39.9. The van der Waals surface area contributed by atoms with Gasteiger partial charge in [-0.15, -0.1) is 0 Å². The molecule has 1 fully saturated rings. The number of rotatable bonds is 11. The fourth-order valence-corrected chi connectivity index (χ4v) is 8.85. The summed E-state index contributed by atoms with van der Waals surface area (Å²) in [7, 11) is -10.7. The van der Waals surface area contributed by atoms with Crippen molar-refractivity contribution in [3.05, 3.63) is 113 Å². The van der Waals surface area contributed by atoms with Crippen molar-refractivity contribution in [3.8, 4) is 22.4 Å². The lowest BCUT2D eigenvalue weighted by Crippen LogP contribution is -2.46. The van der Waals surface area contributed by atoms with E-state index in [0.29, 0.717) is 61.1 Å². The second-order valence-corrected chi connectivity index (χ2v) is 16.9. The lowest BCUT2D eigenvalue weighted by atomic mass is 9.96. The van der Waals surface area contributed by atoms with Gasteiger partial charge in [0.2, 0.25) is 0 Å². The van der Waals surface area contributed by atoms with Gasteiger partial charge >= 0.3 is 11.5 Å². The number of anilines is 3. The molecule has 1 saturated heterocycles. The maximum Gasteiger partial charge on any atom is 0.502 e. The Kier molecular flexibility index (Phi) is 11.0. The third-order valence-corrected chi connectivity index (χ3v) is 12.5. The molecule has 290 valence electrons. The number of carboxylic acid groups (broad SMARTS) is 1. The molecule has 0 amide bonds. The van der Waals surface area contributed by atoms with Gasteiger partial charge in [-0.25, -0.2) is 26.0 Å². The van der Waals surface area contributed by atoms with E-state index < -0.39 is 46.9 Å². The van der Waals surface area contributed by atoms with Crippen molar-refractivity contribution in [3.63, 3.8) is 0 Å². The number of aromatic nitrogens is 1. The van der Waals surface area contributed by atoms with Crippen LogP contribution in [0.15, 0.2) is 101 Å². The molecule has 1 aromatic heterocycles. The van der Waals surface area contributed by atoms with Crippen LogP contribution >= 0.6 is 11.6 Å². The Morgan fingerprint density at radius 3 is 2.04 bits per heavy atom. The molecular formula is C38H35ClF4N4O6S2. The highest BCUT2D eigenvalue weighted by Gasteiger charge is 2.48. The van der Waals surface area contributed by atoms with Gasteiger partial charge in [0, 0.05) is 66.1 Å². The number of alkyl halides is 3. The molecule has 2 N–H and O–H groups in total. The fourth-order valence-electron chi connectivity index (χ4n) is 6.71. The summed E-state index contributed by atoms with van der Waals surface area (Å²) in [4.78, 5) is 14.3. The number of nitrogens with one attached hydrogen (secondary N) is 1. The van der Waals surface area contributed by atoms with E-state index in [1.54, 1.807) is 24.3 Å². The number of sulfonamides is 1. The van der Waals surface area contributed by atoms with Gasteiger partial charge in [0.05, 0.1) is 16.2 Å². The van der Waals surface area contributed by atoms with Crippen molar-refractivity contribution in [2.45, 2.75) is 42.1 Å². The lowest BCUT2D eigenvalue weighted by molar-refractivity contribution is -0.0438. The summed E-state index contributed by atoms with van der Waals surface area (Å²) >= 11 is 6.19. The molecular weight excluding hydrogens is 784 g/mol. The molecule has 6 rings (SSSR count). The van der Waals surface area contributed by atoms with Gasteiger partial charge in [-0.1, -0.05) is 42.8 Å². The van der Waals surface area contributed by atoms with Crippen molar-refractivity contribution in [2.75, 3.05) is 40.7 Å². The normalized spacial score (nSPS) is 13.9.